The van der Waals surface area contributed by atoms with Gasteiger partial charge in [0.05, 0.1) is 24.8 Å². The molecule has 11 heteroatoms. The second-order valence-corrected chi connectivity index (χ2v) is 8.98. The second kappa shape index (κ2) is 9.48. The molecule has 0 aromatic heterocycles. The molecule has 1 amide bonds. The summed E-state index contributed by atoms with van der Waals surface area (Å²) in [4.78, 5) is 12.7. The third kappa shape index (κ3) is 4.69. The maximum absolute atomic E-state index is 13.5. The molecule has 1 N–H and O–H groups in total. The minimum Gasteiger partial charge on any atom is -0.493 e. The van der Waals surface area contributed by atoms with Crippen LogP contribution in [0.15, 0.2) is 65.6 Å². The lowest BCUT2D eigenvalue weighted by atomic mass is 10.2. The molecule has 1 heterocycles. The molecule has 0 saturated heterocycles. The first kappa shape index (κ1) is 23.2. The van der Waals surface area contributed by atoms with Gasteiger partial charge in [0.1, 0.15) is 12.4 Å². The number of sulfonamides is 1. The topological polar surface area (TPSA) is 103 Å². The molecule has 34 heavy (non-hydrogen) atoms. The van der Waals surface area contributed by atoms with Gasteiger partial charge in [-0.15, -0.1) is 0 Å². The molecule has 0 fully saturated rings. The first-order valence-electron chi connectivity index (χ1n) is 10.0. The van der Waals surface area contributed by atoms with Crippen LogP contribution in [0, 0.1) is 5.82 Å². The Labute approximate surface area is 195 Å². The maximum Gasteiger partial charge on any atom is 0.264 e. The Morgan fingerprint density at radius 3 is 2.38 bits per heavy atom. The van der Waals surface area contributed by atoms with Gasteiger partial charge in [0.25, 0.3) is 10.0 Å². The summed E-state index contributed by atoms with van der Waals surface area (Å²) >= 11 is 0. The Balaban J connectivity index is 1.65. The number of rotatable bonds is 8. The summed E-state index contributed by atoms with van der Waals surface area (Å²) in [6.45, 7) is -0.495. The number of ether oxygens (including phenoxy) is 4. The highest BCUT2D eigenvalue weighted by Gasteiger charge is 2.28. The van der Waals surface area contributed by atoms with Gasteiger partial charge in [-0.05, 0) is 48.5 Å². The number of nitrogens with zero attached hydrogens (tertiary/aromatic N) is 1. The summed E-state index contributed by atoms with van der Waals surface area (Å²) in [5.74, 6) is 0.389. The number of halogens is 1. The quantitative estimate of drug-likeness (QED) is 0.518. The van der Waals surface area contributed by atoms with E-state index < -0.39 is 28.3 Å². The van der Waals surface area contributed by atoms with Crippen LogP contribution in [0.1, 0.15) is 0 Å². The van der Waals surface area contributed by atoms with Crippen LogP contribution in [0.2, 0.25) is 0 Å². The van der Waals surface area contributed by atoms with Crippen molar-refractivity contribution in [2.75, 3.05) is 37.2 Å². The molecule has 178 valence electrons. The van der Waals surface area contributed by atoms with E-state index >= 15 is 0 Å². The van der Waals surface area contributed by atoms with Crippen LogP contribution >= 0.6 is 0 Å². The van der Waals surface area contributed by atoms with Crippen LogP contribution in [-0.4, -0.2) is 41.9 Å². The van der Waals surface area contributed by atoms with Gasteiger partial charge in [0.2, 0.25) is 12.7 Å². The number of benzene rings is 3. The van der Waals surface area contributed by atoms with Crippen molar-refractivity contribution >= 4 is 27.3 Å². The summed E-state index contributed by atoms with van der Waals surface area (Å²) in [6.07, 6.45) is 0. The number of nitrogens with one attached hydrogen (secondary N) is 1. The minimum atomic E-state index is -4.25. The molecule has 4 rings (SSSR count). The van der Waals surface area contributed by atoms with Gasteiger partial charge in [-0.2, -0.15) is 0 Å². The molecule has 0 spiro atoms. The van der Waals surface area contributed by atoms with E-state index in [1.807, 2.05) is 0 Å². The van der Waals surface area contributed by atoms with Crippen molar-refractivity contribution in [2.45, 2.75) is 4.90 Å². The Bertz CT molecular complexity index is 1310. The summed E-state index contributed by atoms with van der Waals surface area (Å²) < 4.78 is 62.4. The standard InChI is InChI=1S/C23H21FN2O7S/c1-30-19-10-8-18(12-21(19)31-2)34(28,29)26(17-6-3-15(24)4-7-17)13-23(27)25-16-5-9-20-22(11-16)33-14-32-20/h3-12H,13-14H2,1-2H3,(H,25,27). The van der Waals surface area contributed by atoms with Gasteiger partial charge in [-0.3, -0.25) is 9.10 Å². The molecule has 1 aliphatic heterocycles. The lowest BCUT2D eigenvalue weighted by Crippen LogP contribution is -2.38. The predicted molar refractivity (Wildman–Crippen MR) is 122 cm³/mol. The lowest BCUT2D eigenvalue weighted by Gasteiger charge is -2.24. The SMILES string of the molecule is COc1ccc(S(=O)(=O)N(CC(=O)Nc2ccc3c(c2)OCO3)c2ccc(F)cc2)cc1OC. The zero-order valence-corrected chi connectivity index (χ0v) is 19.1. The largest absolute Gasteiger partial charge is 0.493 e. The van der Waals surface area contributed by atoms with Gasteiger partial charge in [-0.1, -0.05) is 0 Å². The smallest absolute Gasteiger partial charge is 0.264 e. The highest BCUT2D eigenvalue weighted by atomic mass is 32.2. The summed E-state index contributed by atoms with van der Waals surface area (Å²) in [6, 6.07) is 13.7. The number of methoxy groups -OCH3 is 2. The number of carbonyl (C=O) groups is 1. The summed E-state index contributed by atoms with van der Waals surface area (Å²) in [5, 5.41) is 2.65. The number of hydrogen-bond donors (Lipinski definition) is 1. The highest BCUT2D eigenvalue weighted by molar-refractivity contribution is 7.92. The van der Waals surface area contributed by atoms with Gasteiger partial charge in [-0.25, -0.2) is 12.8 Å². The third-order valence-electron chi connectivity index (χ3n) is 5.00. The van der Waals surface area contributed by atoms with Crippen molar-refractivity contribution in [3.63, 3.8) is 0 Å². The molecule has 3 aromatic carbocycles. The minimum absolute atomic E-state index is 0.0780. The van der Waals surface area contributed by atoms with E-state index in [1.54, 1.807) is 18.2 Å². The van der Waals surface area contributed by atoms with Crippen molar-refractivity contribution in [1.29, 1.82) is 0 Å². The molecule has 0 unspecified atom stereocenters. The fourth-order valence-electron chi connectivity index (χ4n) is 3.33. The molecule has 1 aliphatic rings. The average Bonchev–Trinajstić information content (AvgIpc) is 3.30. The van der Waals surface area contributed by atoms with Crippen LogP contribution < -0.4 is 28.6 Å². The first-order valence-corrected chi connectivity index (χ1v) is 11.5. The molecular weight excluding hydrogens is 467 g/mol. The van der Waals surface area contributed by atoms with E-state index in [0.717, 1.165) is 16.4 Å². The van der Waals surface area contributed by atoms with Crippen LogP contribution in [0.4, 0.5) is 15.8 Å². The van der Waals surface area contributed by atoms with E-state index in [1.165, 1.54) is 44.6 Å². The van der Waals surface area contributed by atoms with Gasteiger partial charge < -0.3 is 24.3 Å². The molecule has 9 nitrogen and oxygen atoms in total. The highest BCUT2D eigenvalue weighted by Crippen LogP contribution is 2.35. The van der Waals surface area contributed by atoms with Crippen molar-refractivity contribution < 1.29 is 36.6 Å². The molecule has 0 radical (unpaired) electrons. The average molecular weight is 488 g/mol. The van der Waals surface area contributed by atoms with Gasteiger partial charge >= 0.3 is 0 Å². The fourth-order valence-corrected chi connectivity index (χ4v) is 4.77. The Hall–Kier alpha value is -3.99. The molecule has 0 aliphatic carbocycles. The molecule has 0 saturated carbocycles. The second-order valence-electron chi connectivity index (χ2n) is 7.12. The zero-order valence-electron chi connectivity index (χ0n) is 18.3. The lowest BCUT2D eigenvalue weighted by molar-refractivity contribution is -0.114. The van der Waals surface area contributed by atoms with Crippen molar-refractivity contribution in [1.82, 2.24) is 0 Å². The van der Waals surface area contributed by atoms with E-state index in [-0.39, 0.29) is 23.1 Å². The van der Waals surface area contributed by atoms with Crippen LogP contribution in [0.5, 0.6) is 23.0 Å². The predicted octanol–water partition coefficient (Wildman–Crippen LogP) is 3.41. The number of carbonyl (C=O) groups excluding carboxylic acids is 1. The van der Waals surface area contributed by atoms with E-state index in [0.29, 0.717) is 22.9 Å². The first-order chi connectivity index (χ1) is 16.3. The van der Waals surface area contributed by atoms with E-state index in [9.17, 15) is 17.6 Å². The normalized spacial score (nSPS) is 12.2. The molecule has 0 bridgehead atoms. The maximum atomic E-state index is 13.5. The molecule has 3 aromatic rings. The van der Waals surface area contributed by atoms with Gasteiger partial charge in [0, 0.05) is 17.8 Å². The molecule has 0 atom stereocenters. The van der Waals surface area contributed by atoms with E-state index in [4.69, 9.17) is 18.9 Å². The van der Waals surface area contributed by atoms with Crippen molar-refractivity contribution in [2.24, 2.45) is 0 Å². The number of amides is 1. The third-order valence-corrected chi connectivity index (χ3v) is 6.77. The van der Waals surface area contributed by atoms with Crippen molar-refractivity contribution in [3.05, 3.63) is 66.5 Å². The number of hydrogen-bond acceptors (Lipinski definition) is 7. The summed E-state index contributed by atoms with van der Waals surface area (Å²) in [7, 11) is -1.44. The van der Waals surface area contributed by atoms with Crippen molar-refractivity contribution in [3.8, 4) is 23.0 Å². The Morgan fingerprint density at radius 2 is 1.68 bits per heavy atom. The Kier molecular flexibility index (Phi) is 6.46. The van der Waals surface area contributed by atoms with Gasteiger partial charge in [0.15, 0.2) is 23.0 Å². The monoisotopic (exact) mass is 488 g/mol. The summed E-state index contributed by atoms with van der Waals surface area (Å²) in [5.41, 5.74) is 0.508. The number of anilines is 2. The van der Waals surface area contributed by atoms with E-state index in [2.05, 4.69) is 5.32 Å². The molecular formula is C23H21FN2O7S. The fraction of sp³-hybridized carbons (Fsp3) is 0.174. The van der Waals surface area contributed by atoms with Crippen LogP contribution in [0.3, 0.4) is 0 Å². The number of fused-ring (bicyclic) bond motifs is 1. The zero-order chi connectivity index (χ0) is 24.3. The van der Waals surface area contributed by atoms with Crippen LogP contribution in [-0.2, 0) is 14.8 Å². The van der Waals surface area contributed by atoms with Crippen LogP contribution in [0.25, 0.3) is 0 Å². The Morgan fingerprint density at radius 1 is 0.971 bits per heavy atom.